The van der Waals surface area contributed by atoms with E-state index in [-0.39, 0.29) is 11.6 Å². The molecule has 0 amide bonds. The van der Waals surface area contributed by atoms with E-state index in [1.54, 1.807) is 6.07 Å². The Morgan fingerprint density at radius 2 is 2.24 bits per heavy atom. The number of nitrogens with zero attached hydrogens (tertiary/aromatic N) is 2. The average Bonchev–Trinajstić information content (AvgIpc) is 2.47. The fraction of sp³-hybridized carbons (Fsp3) is 0.400. The maximum absolute atomic E-state index is 11.6. The van der Waals surface area contributed by atoms with Crippen molar-refractivity contribution < 1.29 is 0 Å². The maximum Gasteiger partial charge on any atom is 0.251 e. The molecule has 2 N–H and O–H groups in total. The molecule has 0 aliphatic heterocycles. The van der Waals surface area contributed by atoms with E-state index in [1.807, 2.05) is 25.4 Å². The lowest BCUT2D eigenvalue weighted by Gasteiger charge is -2.10. The molecule has 0 bridgehead atoms. The third kappa shape index (κ3) is 4.41. The average molecular weight is 304 g/mol. The lowest BCUT2D eigenvalue weighted by molar-refractivity contribution is 0.648. The highest BCUT2D eigenvalue weighted by atomic mass is 32.2. The number of aromatic nitrogens is 3. The summed E-state index contributed by atoms with van der Waals surface area (Å²) in [6, 6.07) is 5.80. The van der Waals surface area contributed by atoms with Gasteiger partial charge in [-0.15, -0.1) is 0 Å². The number of rotatable bonds is 6. The van der Waals surface area contributed by atoms with Crippen LogP contribution in [0.5, 0.6) is 0 Å². The summed E-state index contributed by atoms with van der Waals surface area (Å²) in [6.07, 6.45) is 3.62. The largest absolute Gasteiger partial charge is 0.313 e. The van der Waals surface area contributed by atoms with Crippen molar-refractivity contribution in [3.63, 3.8) is 0 Å². The van der Waals surface area contributed by atoms with Gasteiger partial charge < -0.3 is 10.3 Å². The van der Waals surface area contributed by atoms with Crippen LogP contribution in [-0.4, -0.2) is 22.0 Å². The van der Waals surface area contributed by atoms with Gasteiger partial charge in [0, 0.05) is 24.0 Å². The number of H-pyrrole nitrogens is 1. The third-order valence-corrected chi connectivity index (χ3v) is 4.01. The maximum atomic E-state index is 11.6. The molecule has 6 heteroatoms. The van der Waals surface area contributed by atoms with Gasteiger partial charge in [0.15, 0.2) is 5.16 Å². The molecule has 0 fully saturated rings. The number of hydrogen-bond acceptors (Lipinski definition) is 5. The van der Waals surface area contributed by atoms with E-state index in [2.05, 4.69) is 34.1 Å². The summed E-state index contributed by atoms with van der Waals surface area (Å²) in [5, 5.41) is 4.58. The Balaban J connectivity index is 2.16. The predicted octanol–water partition coefficient (Wildman–Crippen LogP) is 2.55. The molecule has 2 aromatic heterocycles. The zero-order chi connectivity index (χ0) is 15.2. The Morgan fingerprint density at radius 3 is 2.86 bits per heavy atom. The van der Waals surface area contributed by atoms with Gasteiger partial charge in [-0.1, -0.05) is 19.4 Å². The van der Waals surface area contributed by atoms with E-state index in [0.717, 1.165) is 29.1 Å². The lowest BCUT2D eigenvalue weighted by atomic mass is 10.1. The minimum Gasteiger partial charge on any atom is -0.313 e. The molecule has 0 aliphatic carbocycles. The van der Waals surface area contributed by atoms with Gasteiger partial charge in [-0.3, -0.25) is 4.79 Å². The standard InChI is InChI=1S/C15H20N4OS/c1-4-5-12-8-13(20)19-15(18-12)21-14-7-6-11(9-17-14)10(2)16-3/h6-10,16H,4-5H2,1-3H3,(H,18,19,20). The SMILES string of the molecule is CCCc1cc(=O)[nH]c(Sc2ccc(C(C)NC)cn2)n1. The summed E-state index contributed by atoms with van der Waals surface area (Å²) in [6.45, 7) is 4.15. The second-order valence-electron chi connectivity index (χ2n) is 4.83. The molecule has 0 radical (unpaired) electrons. The first kappa shape index (κ1) is 15.7. The summed E-state index contributed by atoms with van der Waals surface area (Å²) >= 11 is 1.37. The highest BCUT2D eigenvalue weighted by molar-refractivity contribution is 7.99. The Kier molecular flexibility index (Phi) is 5.52. The van der Waals surface area contributed by atoms with E-state index in [0.29, 0.717) is 5.16 Å². The van der Waals surface area contributed by atoms with Crippen molar-refractivity contribution in [1.29, 1.82) is 0 Å². The third-order valence-electron chi connectivity index (χ3n) is 3.17. The van der Waals surface area contributed by atoms with Crippen LogP contribution in [0.1, 0.15) is 37.6 Å². The summed E-state index contributed by atoms with van der Waals surface area (Å²) in [5.74, 6) is 0. The highest BCUT2D eigenvalue weighted by Gasteiger charge is 2.06. The summed E-state index contributed by atoms with van der Waals surface area (Å²) in [4.78, 5) is 23.2. The zero-order valence-corrected chi connectivity index (χ0v) is 13.3. The zero-order valence-electron chi connectivity index (χ0n) is 12.5. The van der Waals surface area contributed by atoms with Crippen LogP contribution in [0.15, 0.2) is 39.4 Å². The highest BCUT2D eigenvalue weighted by Crippen LogP contribution is 2.23. The van der Waals surface area contributed by atoms with Gasteiger partial charge in [-0.25, -0.2) is 9.97 Å². The molecule has 0 aromatic carbocycles. The molecule has 1 atom stereocenters. The number of hydrogen-bond donors (Lipinski definition) is 2. The second kappa shape index (κ2) is 7.38. The van der Waals surface area contributed by atoms with Crippen LogP contribution in [0.4, 0.5) is 0 Å². The monoisotopic (exact) mass is 304 g/mol. The van der Waals surface area contributed by atoms with Crippen molar-refractivity contribution in [3.8, 4) is 0 Å². The van der Waals surface area contributed by atoms with E-state index >= 15 is 0 Å². The number of aryl methyl sites for hydroxylation is 1. The van der Waals surface area contributed by atoms with Gasteiger partial charge >= 0.3 is 0 Å². The predicted molar refractivity (Wildman–Crippen MR) is 84.7 cm³/mol. The Morgan fingerprint density at radius 1 is 1.43 bits per heavy atom. The van der Waals surface area contributed by atoms with Crippen molar-refractivity contribution in [1.82, 2.24) is 20.3 Å². The Labute approximate surface area is 128 Å². The van der Waals surface area contributed by atoms with Crippen molar-refractivity contribution in [2.75, 3.05) is 7.05 Å². The molecule has 21 heavy (non-hydrogen) atoms. The van der Waals surface area contributed by atoms with Gasteiger partial charge in [0.05, 0.1) is 0 Å². The minimum absolute atomic E-state index is 0.114. The van der Waals surface area contributed by atoms with Gasteiger partial charge in [-0.2, -0.15) is 0 Å². The van der Waals surface area contributed by atoms with E-state index < -0.39 is 0 Å². The van der Waals surface area contributed by atoms with Crippen molar-refractivity contribution in [2.45, 2.75) is 42.9 Å². The van der Waals surface area contributed by atoms with Crippen LogP contribution in [0.2, 0.25) is 0 Å². The van der Waals surface area contributed by atoms with Crippen molar-refractivity contribution >= 4 is 11.8 Å². The van der Waals surface area contributed by atoms with Gasteiger partial charge in [-0.05, 0) is 43.8 Å². The molecule has 2 rings (SSSR count). The molecule has 0 saturated heterocycles. The molecule has 2 heterocycles. The first-order valence-corrected chi connectivity index (χ1v) is 7.85. The smallest absolute Gasteiger partial charge is 0.251 e. The van der Waals surface area contributed by atoms with E-state index in [1.165, 1.54) is 11.8 Å². The fourth-order valence-corrected chi connectivity index (χ4v) is 2.64. The number of nitrogens with one attached hydrogen (secondary N) is 2. The molecule has 0 saturated carbocycles. The first-order chi connectivity index (χ1) is 10.1. The number of pyridine rings is 1. The van der Waals surface area contributed by atoms with Crippen LogP contribution in [0.25, 0.3) is 0 Å². The minimum atomic E-state index is -0.114. The first-order valence-electron chi connectivity index (χ1n) is 7.03. The fourth-order valence-electron chi connectivity index (χ4n) is 1.89. The summed E-state index contributed by atoms with van der Waals surface area (Å²) in [5.41, 5.74) is 1.84. The normalized spacial score (nSPS) is 12.3. The molecule has 112 valence electrons. The molecular formula is C15H20N4OS. The van der Waals surface area contributed by atoms with Crippen molar-refractivity contribution in [3.05, 3.63) is 46.0 Å². The van der Waals surface area contributed by atoms with Crippen molar-refractivity contribution in [2.24, 2.45) is 0 Å². The van der Waals surface area contributed by atoms with E-state index in [9.17, 15) is 4.79 Å². The molecule has 0 spiro atoms. The van der Waals surface area contributed by atoms with Gasteiger partial charge in [0.25, 0.3) is 5.56 Å². The quantitative estimate of drug-likeness (QED) is 0.803. The topological polar surface area (TPSA) is 70.7 Å². The van der Waals surface area contributed by atoms with Crippen LogP contribution in [0.3, 0.4) is 0 Å². The van der Waals surface area contributed by atoms with Crippen LogP contribution >= 0.6 is 11.8 Å². The van der Waals surface area contributed by atoms with E-state index in [4.69, 9.17) is 0 Å². The van der Waals surface area contributed by atoms with Crippen LogP contribution in [-0.2, 0) is 6.42 Å². The Bertz CT molecular complexity index is 639. The molecular weight excluding hydrogens is 284 g/mol. The molecule has 1 unspecified atom stereocenters. The molecule has 0 aliphatic rings. The Hall–Kier alpha value is -1.66. The van der Waals surface area contributed by atoms with Gasteiger partial charge in [0.2, 0.25) is 0 Å². The van der Waals surface area contributed by atoms with Crippen LogP contribution < -0.4 is 10.9 Å². The number of aromatic amines is 1. The molecule has 5 nitrogen and oxygen atoms in total. The molecule has 2 aromatic rings. The van der Waals surface area contributed by atoms with Crippen LogP contribution in [0, 0.1) is 0 Å². The summed E-state index contributed by atoms with van der Waals surface area (Å²) < 4.78 is 0. The lowest BCUT2D eigenvalue weighted by Crippen LogP contribution is -2.12. The van der Waals surface area contributed by atoms with Gasteiger partial charge in [0.1, 0.15) is 5.03 Å². The second-order valence-corrected chi connectivity index (χ2v) is 5.84. The summed E-state index contributed by atoms with van der Waals surface area (Å²) in [7, 11) is 1.92.